The summed E-state index contributed by atoms with van der Waals surface area (Å²) < 4.78 is 5.41. The second-order valence-corrected chi connectivity index (χ2v) is 8.39. The maximum Gasteiger partial charge on any atom is 0.264 e. The van der Waals surface area contributed by atoms with Gasteiger partial charge in [0, 0.05) is 16.1 Å². The van der Waals surface area contributed by atoms with Gasteiger partial charge in [0.05, 0.1) is 25.3 Å². The van der Waals surface area contributed by atoms with Crippen LogP contribution in [0.4, 0.5) is 5.69 Å². The number of benzene rings is 3. The largest absolute Gasteiger partial charge is 0.494 e. The second kappa shape index (κ2) is 8.77. The van der Waals surface area contributed by atoms with E-state index in [0.29, 0.717) is 34.2 Å². The maximum atomic E-state index is 13.4. The van der Waals surface area contributed by atoms with Crippen LogP contribution in [0.1, 0.15) is 40.4 Å². The highest BCUT2D eigenvalue weighted by Gasteiger charge is 2.51. The van der Waals surface area contributed by atoms with Crippen LogP contribution < -0.4 is 9.64 Å². The fourth-order valence-electron chi connectivity index (χ4n) is 3.96. The Bertz CT molecular complexity index is 1160. The van der Waals surface area contributed by atoms with Gasteiger partial charge in [-0.2, -0.15) is 0 Å². The molecule has 1 amide bonds. The molecule has 5 nitrogen and oxygen atoms in total. The zero-order chi connectivity index (χ0) is 22.9. The Labute approximate surface area is 192 Å². The van der Waals surface area contributed by atoms with Gasteiger partial charge in [0.15, 0.2) is 11.4 Å². The van der Waals surface area contributed by atoms with Crippen molar-refractivity contribution in [2.24, 2.45) is 0 Å². The van der Waals surface area contributed by atoms with Gasteiger partial charge in [-0.05, 0) is 61.9 Å². The van der Waals surface area contributed by atoms with Crippen LogP contribution in [-0.2, 0) is 16.9 Å². The van der Waals surface area contributed by atoms with Crippen LogP contribution in [0.3, 0.4) is 0 Å². The summed E-state index contributed by atoms with van der Waals surface area (Å²) in [6.07, 6.45) is -0.377. The standard InChI is InChI=1S/C26H24ClNO4/c1-3-32-21-11-8-19(9-12-21)24(29)15-26(31)22-14-20(27)10-13-23(22)28(25(26)30)16-18-6-4-17(2)5-7-18/h4-14,31H,3,15-16H2,1-2H3/t26-/m0/s1. The third-order valence-electron chi connectivity index (χ3n) is 5.66. The molecule has 164 valence electrons. The Morgan fingerprint density at radius 3 is 2.41 bits per heavy atom. The zero-order valence-corrected chi connectivity index (χ0v) is 18.7. The molecule has 3 aromatic carbocycles. The maximum absolute atomic E-state index is 13.4. The Hall–Kier alpha value is -3.15. The van der Waals surface area contributed by atoms with Gasteiger partial charge in [0.25, 0.3) is 5.91 Å². The minimum absolute atomic E-state index is 0.285. The third-order valence-corrected chi connectivity index (χ3v) is 5.89. The first-order valence-corrected chi connectivity index (χ1v) is 10.9. The van der Waals surface area contributed by atoms with Crippen LogP contribution >= 0.6 is 11.6 Å². The Balaban J connectivity index is 1.65. The van der Waals surface area contributed by atoms with Crippen molar-refractivity contribution in [3.63, 3.8) is 0 Å². The van der Waals surface area contributed by atoms with Crippen molar-refractivity contribution in [1.29, 1.82) is 0 Å². The number of fused-ring (bicyclic) bond motifs is 1. The summed E-state index contributed by atoms with van der Waals surface area (Å²) in [7, 11) is 0. The molecule has 1 aliphatic rings. The number of carbonyl (C=O) groups is 2. The first kappa shape index (κ1) is 22.1. The lowest BCUT2D eigenvalue weighted by molar-refractivity contribution is -0.136. The first-order chi connectivity index (χ1) is 15.3. The van der Waals surface area contributed by atoms with E-state index in [4.69, 9.17) is 16.3 Å². The topological polar surface area (TPSA) is 66.8 Å². The number of aliphatic hydroxyl groups is 1. The Kier molecular flexibility index (Phi) is 6.04. The van der Waals surface area contributed by atoms with E-state index >= 15 is 0 Å². The van der Waals surface area contributed by atoms with Gasteiger partial charge in [0.2, 0.25) is 0 Å². The van der Waals surface area contributed by atoms with E-state index in [-0.39, 0.29) is 18.7 Å². The van der Waals surface area contributed by atoms with Gasteiger partial charge in [-0.3, -0.25) is 9.59 Å². The SMILES string of the molecule is CCOc1ccc(C(=O)C[C@@]2(O)C(=O)N(Cc3ccc(C)cc3)c3ccc(Cl)cc32)cc1. The molecule has 1 heterocycles. The number of ether oxygens (including phenoxy) is 1. The number of hydrogen-bond acceptors (Lipinski definition) is 4. The number of Topliss-reactive ketones (excluding diaryl/α,β-unsaturated/α-hetero) is 1. The molecule has 1 N–H and O–H groups in total. The lowest BCUT2D eigenvalue weighted by atomic mass is 9.88. The van der Waals surface area contributed by atoms with Crippen molar-refractivity contribution < 1.29 is 19.4 Å². The van der Waals surface area contributed by atoms with Crippen LogP contribution in [0.25, 0.3) is 0 Å². The van der Waals surface area contributed by atoms with Gasteiger partial charge in [-0.1, -0.05) is 41.4 Å². The average molecular weight is 450 g/mol. The Morgan fingerprint density at radius 2 is 1.75 bits per heavy atom. The third kappa shape index (κ3) is 4.14. The average Bonchev–Trinajstić information content (AvgIpc) is 2.97. The van der Waals surface area contributed by atoms with Crippen molar-refractivity contribution in [1.82, 2.24) is 0 Å². The van der Waals surface area contributed by atoms with E-state index in [1.54, 1.807) is 42.5 Å². The van der Waals surface area contributed by atoms with Crippen LogP contribution in [-0.4, -0.2) is 23.4 Å². The number of aryl methyl sites for hydroxylation is 1. The number of hydrogen-bond donors (Lipinski definition) is 1. The van der Waals surface area contributed by atoms with Crippen LogP contribution in [0.15, 0.2) is 66.7 Å². The molecule has 0 bridgehead atoms. The molecule has 0 saturated heterocycles. The highest BCUT2D eigenvalue weighted by atomic mass is 35.5. The van der Waals surface area contributed by atoms with Gasteiger partial charge in [-0.25, -0.2) is 0 Å². The fraction of sp³-hybridized carbons (Fsp3) is 0.231. The molecule has 1 aliphatic heterocycles. The van der Waals surface area contributed by atoms with Crippen LogP contribution in [0.2, 0.25) is 5.02 Å². The lowest BCUT2D eigenvalue weighted by Crippen LogP contribution is -2.41. The summed E-state index contributed by atoms with van der Waals surface area (Å²) in [6.45, 7) is 4.68. The van der Waals surface area contributed by atoms with Gasteiger partial charge < -0.3 is 14.7 Å². The molecule has 6 heteroatoms. The van der Waals surface area contributed by atoms with Crippen molar-refractivity contribution in [3.8, 4) is 5.75 Å². The highest BCUT2D eigenvalue weighted by Crippen LogP contribution is 2.44. The number of nitrogens with zero attached hydrogens (tertiary/aromatic N) is 1. The summed E-state index contributed by atoms with van der Waals surface area (Å²) in [5.74, 6) is -0.220. The second-order valence-electron chi connectivity index (χ2n) is 7.96. The molecule has 4 rings (SSSR count). The van der Waals surface area contributed by atoms with Crippen molar-refractivity contribution in [2.75, 3.05) is 11.5 Å². The molecule has 0 fully saturated rings. The van der Waals surface area contributed by atoms with Crippen LogP contribution in [0, 0.1) is 6.92 Å². The quantitative estimate of drug-likeness (QED) is 0.512. The van der Waals surface area contributed by atoms with E-state index in [1.165, 1.54) is 4.90 Å². The Morgan fingerprint density at radius 1 is 1.06 bits per heavy atom. The molecular formula is C26H24ClNO4. The zero-order valence-electron chi connectivity index (χ0n) is 18.0. The van der Waals surface area contributed by atoms with Gasteiger partial charge >= 0.3 is 0 Å². The number of ketones is 1. The van der Waals surface area contributed by atoms with Crippen molar-refractivity contribution in [3.05, 3.63) is 94.0 Å². The predicted octanol–water partition coefficient (Wildman–Crippen LogP) is 5.05. The van der Waals surface area contributed by atoms with E-state index in [0.717, 1.165) is 11.1 Å². The molecule has 0 radical (unpaired) electrons. The summed E-state index contributed by atoms with van der Waals surface area (Å²) in [5, 5.41) is 11.9. The van der Waals surface area contributed by atoms with Gasteiger partial charge in [-0.15, -0.1) is 0 Å². The summed E-state index contributed by atoms with van der Waals surface area (Å²) in [6, 6.07) is 19.5. The number of amides is 1. The molecule has 0 saturated carbocycles. The smallest absolute Gasteiger partial charge is 0.264 e. The normalized spacial score (nSPS) is 17.4. The first-order valence-electron chi connectivity index (χ1n) is 10.5. The molecule has 0 aliphatic carbocycles. The number of rotatable bonds is 7. The number of carbonyl (C=O) groups excluding carboxylic acids is 2. The van der Waals surface area contributed by atoms with Crippen molar-refractivity contribution >= 4 is 29.0 Å². The molecule has 0 aromatic heterocycles. The molecule has 1 atom stereocenters. The van der Waals surface area contributed by atoms with E-state index in [1.807, 2.05) is 38.1 Å². The molecule has 0 spiro atoms. The highest BCUT2D eigenvalue weighted by molar-refractivity contribution is 6.31. The van der Waals surface area contributed by atoms with E-state index < -0.39 is 11.5 Å². The van der Waals surface area contributed by atoms with E-state index in [9.17, 15) is 14.7 Å². The fourth-order valence-corrected chi connectivity index (χ4v) is 4.14. The summed E-state index contributed by atoms with van der Waals surface area (Å²) >= 11 is 6.18. The minimum atomic E-state index is -1.99. The van der Waals surface area contributed by atoms with E-state index in [2.05, 4.69) is 0 Å². The lowest BCUT2D eigenvalue weighted by Gasteiger charge is -2.23. The molecular weight excluding hydrogens is 426 g/mol. The number of halogens is 1. The van der Waals surface area contributed by atoms with Crippen molar-refractivity contribution in [2.45, 2.75) is 32.4 Å². The predicted molar refractivity (Wildman–Crippen MR) is 124 cm³/mol. The number of anilines is 1. The molecule has 32 heavy (non-hydrogen) atoms. The minimum Gasteiger partial charge on any atom is -0.494 e. The summed E-state index contributed by atoms with van der Waals surface area (Å²) in [4.78, 5) is 28.0. The molecule has 0 unspecified atom stereocenters. The monoisotopic (exact) mass is 449 g/mol. The van der Waals surface area contributed by atoms with Crippen LogP contribution in [0.5, 0.6) is 5.75 Å². The van der Waals surface area contributed by atoms with Gasteiger partial charge in [0.1, 0.15) is 5.75 Å². The molecule has 3 aromatic rings. The summed E-state index contributed by atoms with van der Waals surface area (Å²) in [5.41, 5.74) is 1.36.